The number of nitrogens with one attached hydrogen (secondary N) is 1. The number of esters is 1. The van der Waals surface area contributed by atoms with Crippen molar-refractivity contribution in [2.75, 3.05) is 11.9 Å². The minimum atomic E-state index is -0.374. The molecule has 3 rings (SSSR count). The highest BCUT2D eigenvalue weighted by molar-refractivity contribution is 5.99. The predicted octanol–water partition coefficient (Wildman–Crippen LogP) is 3.55. The zero-order valence-corrected chi connectivity index (χ0v) is 16.2. The Bertz CT molecular complexity index is 739. The second-order valence-corrected chi connectivity index (χ2v) is 7.80. The number of ether oxygens (including phenoxy) is 1. The van der Waals surface area contributed by atoms with Crippen molar-refractivity contribution in [1.29, 1.82) is 0 Å². The molecule has 0 heterocycles. The number of hydrogen-bond donors (Lipinski definition) is 1. The van der Waals surface area contributed by atoms with Gasteiger partial charge in [0.15, 0.2) is 12.4 Å². The number of benzene rings is 1. The smallest absolute Gasteiger partial charge is 0.309 e. The average molecular weight is 385 g/mol. The molecule has 0 aliphatic heterocycles. The van der Waals surface area contributed by atoms with Gasteiger partial charge in [0.05, 0.1) is 5.92 Å². The molecule has 0 saturated heterocycles. The van der Waals surface area contributed by atoms with Crippen LogP contribution in [0.15, 0.2) is 24.3 Å². The Morgan fingerprint density at radius 2 is 1.71 bits per heavy atom. The average Bonchev–Trinajstić information content (AvgIpc) is 2.66. The number of amides is 1. The monoisotopic (exact) mass is 385 g/mol. The zero-order chi connectivity index (χ0) is 20.1. The lowest BCUT2D eigenvalue weighted by molar-refractivity contribution is -0.152. The molecule has 0 spiro atoms. The first-order chi connectivity index (χ1) is 13.5. The van der Waals surface area contributed by atoms with E-state index in [0.29, 0.717) is 36.3 Å². The van der Waals surface area contributed by atoms with E-state index >= 15 is 0 Å². The van der Waals surface area contributed by atoms with E-state index in [2.05, 4.69) is 5.32 Å². The molecular weight excluding hydrogens is 358 g/mol. The molecule has 1 N–H and O–H groups in total. The largest absolute Gasteiger partial charge is 0.457 e. The molecule has 2 saturated carbocycles. The summed E-state index contributed by atoms with van der Waals surface area (Å²) in [6.07, 6.45) is 5.09. The maximum absolute atomic E-state index is 12.4. The third-order valence-corrected chi connectivity index (χ3v) is 5.69. The van der Waals surface area contributed by atoms with Crippen molar-refractivity contribution in [2.24, 2.45) is 17.8 Å². The highest BCUT2D eigenvalue weighted by atomic mass is 16.5. The number of hydrogen-bond acceptors (Lipinski definition) is 5. The first-order valence-corrected chi connectivity index (χ1v) is 10.1. The van der Waals surface area contributed by atoms with Crippen LogP contribution >= 0.6 is 0 Å². The van der Waals surface area contributed by atoms with Gasteiger partial charge in [0.1, 0.15) is 5.78 Å². The summed E-state index contributed by atoms with van der Waals surface area (Å²) in [7, 11) is 0. The van der Waals surface area contributed by atoms with E-state index < -0.39 is 0 Å². The predicted molar refractivity (Wildman–Crippen MR) is 104 cm³/mol. The second kappa shape index (κ2) is 9.13. The van der Waals surface area contributed by atoms with Crippen LogP contribution in [0.25, 0.3) is 0 Å². The normalized spacial score (nSPS) is 23.8. The Morgan fingerprint density at radius 1 is 1.07 bits per heavy atom. The fourth-order valence-corrected chi connectivity index (χ4v) is 4.20. The van der Waals surface area contributed by atoms with Crippen LogP contribution in [0.1, 0.15) is 62.2 Å². The molecule has 2 aliphatic rings. The summed E-state index contributed by atoms with van der Waals surface area (Å²) in [6.45, 7) is 1.63. The SMILES string of the molecule is CCCC(=O)Nc1ccc(C(=O)COC(=O)C2C[C@H]3CCC[C@H](C2)C3=O)cc1. The van der Waals surface area contributed by atoms with Gasteiger partial charge in [-0.25, -0.2) is 0 Å². The molecule has 0 unspecified atom stereocenters. The third kappa shape index (κ3) is 4.86. The topological polar surface area (TPSA) is 89.5 Å². The molecule has 1 amide bonds. The van der Waals surface area contributed by atoms with Crippen LogP contribution in [0.2, 0.25) is 0 Å². The molecular formula is C22H27NO5. The maximum atomic E-state index is 12.4. The summed E-state index contributed by atoms with van der Waals surface area (Å²) >= 11 is 0. The van der Waals surface area contributed by atoms with E-state index in [1.807, 2.05) is 6.92 Å². The standard InChI is InChI=1S/C22H27NO5/c1-2-4-20(25)23-18-9-7-14(8-10-18)19(24)13-28-22(27)17-11-15-5-3-6-16(12-17)21(15)26/h7-10,15-17H,2-6,11-13H2,1H3,(H,23,25)/t15-,16-/m1/s1. The van der Waals surface area contributed by atoms with Crippen LogP contribution in [0.4, 0.5) is 5.69 Å². The van der Waals surface area contributed by atoms with E-state index in [9.17, 15) is 19.2 Å². The minimum Gasteiger partial charge on any atom is -0.457 e. The van der Waals surface area contributed by atoms with Gasteiger partial charge in [0.2, 0.25) is 5.91 Å². The number of anilines is 1. The fourth-order valence-electron chi connectivity index (χ4n) is 4.20. The molecule has 1 aromatic carbocycles. The molecule has 150 valence electrons. The van der Waals surface area contributed by atoms with E-state index in [1.54, 1.807) is 24.3 Å². The van der Waals surface area contributed by atoms with Gasteiger partial charge >= 0.3 is 5.97 Å². The number of carbonyl (C=O) groups excluding carboxylic acids is 4. The molecule has 2 atom stereocenters. The van der Waals surface area contributed by atoms with Gasteiger partial charge in [-0.05, 0) is 56.4 Å². The Hall–Kier alpha value is -2.50. The lowest BCUT2D eigenvalue weighted by atomic mass is 9.67. The van der Waals surface area contributed by atoms with Crippen LogP contribution in [0.3, 0.4) is 0 Å². The van der Waals surface area contributed by atoms with Gasteiger partial charge in [-0.15, -0.1) is 0 Å². The van der Waals surface area contributed by atoms with Gasteiger partial charge in [0, 0.05) is 29.5 Å². The van der Waals surface area contributed by atoms with Crippen molar-refractivity contribution in [2.45, 2.75) is 51.9 Å². The highest BCUT2D eigenvalue weighted by Gasteiger charge is 2.41. The molecule has 0 radical (unpaired) electrons. The van der Waals surface area contributed by atoms with Crippen LogP contribution in [-0.2, 0) is 19.1 Å². The van der Waals surface area contributed by atoms with Crippen molar-refractivity contribution < 1.29 is 23.9 Å². The van der Waals surface area contributed by atoms with Gasteiger partial charge in [-0.3, -0.25) is 19.2 Å². The number of carbonyl (C=O) groups is 4. The Kier molecular flexibility index (Phi) is 6.60. The van der Waals surface area contributed by atoms with Gasteiger partial charge in [-0.2, -0.15) is 0 Å². The molecule has 0 aromatic heterocycles. The Balaban J connectivity index is 1.49. The quantitative estimate of drug-likeness (QED) is 0.573. The molecule has 6 nitrogen and oxygen atoms in total. The zero-order valence-electron chi connectivity index (χ0n) is 16.2. The second-order valence-electron chi connectivity index (χ2n) is 7.80. The summed E-state index contributed by atoms with van der Waals surface area (Å²) in [5.74, 6) is -0.735. The first kappa shape index (κ1) is 20.2. The van der Waals surface area contributed by atoms with E-state index in [4.69, 9.17) is 4.74 Å². The first-order valence-electron chi connectivity index (χ1n) is 10.1. The van der Waals surface area contributed by atoms with Crippen molar-refractivity contribution in [3.8, 4) is 0 Å². The molecule has 1 aromatic rings. The van der Waals surface area contributed by atoms with Crippen molar-refractivity contribution in [1.82, 2.24) is 0 Å². The summed E-state index contributed by atoms with van der Waals surface area (Å²) < 4.78 is 5.26. The molecule has 6 heteroatoms. The van der Waals surface area contributed by atoms with Gasteiger partial charge in [-0.1, -0.05) is 13.3 Å². The summed E-state index contributed by atoms with van der Waals surface area (Å²) in [5.41, 5.74) is 1.06. The van der Waals surface area contributed by atoms with Gasteiger partial charge < -0.3 is 10.1 Å². The third-order valence-electron chi connectivity index (χ3n) is 5.69. The van der Waals surface area contributed by atoms with Crippen LogP contribution in [0.5, 0.6) is 0 Å². The number of fused-ring (bicyclic) bond motifs is 2. The number of Topliss-reactive ketones (excluding diaryl/α,β-unsaturated/α-hetero) is 2. The van der Waals surface area contributed by atoms with Crippen LogP contribution < -0.4 is 5.32 Å². The van der Waals surface area contributed by atoms with E-state index in [0.717, 1.165) is 25.7 Å². The fraction of sp³-hybridized carbons (Fsp3) is 0.545. The van der Waals surface area contributed by atoms with Crippen molar-refractivity contribution in [3.63, 3.8) is 0 Å². The van der Waals surface area contributed by atoms with Gasteiger partial charge in [0.25, 0.3) is 0 Å². The lowest BCUT2D eigenvalue weighted by Crippen LogP contribution is -2.39. The van der Waals surface area contributed by atoms with Crippen LogP contribution in [-0.4, -0.2) is 30.0 Å². The summed E-state index contributed by atoms with van der Waals surface area (Å²) in [5, 5.41) is 2.76. The lowest BCUT2D eigenvalue weighted by Gasteiger charge is -2.36. The highest BCUT2D eigenvalue weighted by Crippen LogP contribution is 2.40. The minimum absolute atomic E-state index is 0.0174. The number of rotatable bonds is 7. The molecule has 2 bridgehead atoms. The Labute approximate surface area is 165 Å². The summed E-state index contributed by atoms with van der Waals surface area (Å²) in [6, 6.07) is 6.55. The van der Waals surface area contributed by atoms with Crippen molar-refractivity contribution >= 4 is 29.1 Å². The molecule has 2 fully saturated rings. The molecule has 28 heavy (non-hydrogen) atoms. The van der Waals surface area contributed by atoms with E-state index in [-0.39, 0.29) is 42.0 Å². The van der Waals surface area contributed by atoms with Crippen molar-refractivity contribution in [3.05, 3.63) is 29.8 Å². The molecule has 2 aliphatic carbocycles. The summed E-state index contributed by atoms with van der Waals surface area (Å²) in [4.78, 5) is 48.4. The Morgan fingerprint density at radius 3 is 2.32 bits per heavy atom. The number of ketones is 2. The maximum Gasteiger partial charge on any atom is 0.309 e. The van der Waals surface area contributed by atoms with E-state index in [1.165, 1.54) is 0 Å². The van der Waals surface area contributed by atoms with Crippen LogP contribution in [0, 0.1) is 17.8 Å².